The van der Waals surface area contributed by atoms with Gasteiger partial charge in [-0.3, -0.25) is 14.1 Å². The van der Waals surface area contributed by atoms with Crippen molar-refractivity contribution in [3.05, 3.63) is 70.9 Å². The van der Waals surface area contributed by atoms with Gasteiger partial charge in [-0.1, -0.05) is 41.9 Å². The van der Waals surface area contributed by atoms with Crippen LogP contribution in [-0.2, 0) is 13.6 Å². The summed E-state index contributed by atoms with van der Waals surface area (Å²) in [6, 6.07) is 15.2. The highest BCUT2D eigenvalue weighted by molar-refractivity contribution is 7.62. The van der Waals surface area contributed by atoms with Crippen molar-refractivity contribution in [3.63, 3.8) is 0 Å². The number of benzene rings is 2. The number of aromatic nitrogens is 1. The van der Waals surface area contributed by atoms with Gasteiger partial charge in [0.05, 0.1) is 23.5 Å². The topological polar surface area (TPSA) is 48.4 Å². The van der Waals surface area contributed by atoms with Gasteiger partial charge in [0, 0.05) is 23.0 Å². The van der Waals surface area contributed by atoms with E-state index in [1.54, 1.807) is 12.3 Å². The summed E-state index contributed by atoms with van der Waals surface area (Å²) in [7, 11) is -3.43. The summed E-state index contributed by atoms with van der Waals surface area (Å²) in [4.78, 5) is 4.46. The molecule has 4 nitrogen and oxygen atoms in total. The molecular weight excluding hydrogens is 357 g/mol. The van der Waals surface area contributed by atoms with Gasteiger partial charge in [-0.05, 0) is 36.2 Å². The van der Waals surface area contributed by atoms with Crippen LogP contribution in [0, 0.1) is 6.92 Å². The van der Waals surface area contributed by atoms with E-state index in [4.69, 9.17) is 20.6 Å². The summed E-state index contributed by atoms with van der Waals surface area (Å²) < 4.78 is 24.8. The van der Waals surface area contributed by atoms with E-state index < -0.39 is 7.60 Å². The van der Waals surface area contributed by atoms with Gasteiger partial charge in [-0.25, -0.2) is 0 Å². The number of para-hydroxylation sites is 1. The van der Waals surface area contributed by atoms with E-state index in [-0.39, 0.29) is 6.10 Å². The van der Waals surface area contributed by atoms with Gasteiger partial charge in [-0.15, -0.1) is 0 Å². The Hall–Kier alpha value is -1.71. The van der Waals surface area contributed by atoms with Crippen molar-refractivity contribution in [1.29, 1.82) is 0 Å². The molecule has 1 aliphatic rings. The van der Waals surface area contributed by atoms with Crippen LogP contribution < -0.4 is 5.30 Å². The highest BCUT2D eigenvalue weighted by Gasteiger charge is 2.36. The molecule has 128 valence electrons. The van der Waals surface area contributed by atoms with Crippen molar-refractivity contribution in [1.82, 2.24) is 4.98 Å². The molecule has 1 aromatic heterocycles. The standard InChI is InChI=1S/C19H17ClNO3P/c1-13-4-2-6-15-11-17(12-21-19(13)15)25(22)23-9-8-18(24-25)14-5-3-7-16(20)10-14/h2-7,10-12,18H,8-9H2,1H3. The second-order valence-corrected chi connectivity index (χ2v) is 8.53. The van der Waals surface area contributed by atoms with Gasteiger partial charge in [0.1, 0.15) is 0 Å². The van der Waals surface area contributed by atoms with Gasteiger partial charge in [-0.2, -0.15) is 0 Å². The molecule has 0 bridgehead atoms. The number of halogens is 1. The lowest BCUT2D eigenvalue weighted by atomic mass is 10.1. The molecule has 6 heteroatoms. The molecule has 2 aromatic carbocycles. The fourth-order valence-electron chi connectivity index (χ4n) is 3.05. The van der Waals surface area contributed by atoms with Crippen LogP contribution >= 0.6 is 19.2 Å². The molecular formula is C19H17ClNO3P. The van der Waals surface area contributed by atoms with Crippen molar-refractivity contribution in [2.24, 2.45) is 0 Å². The number of nitrogens with zero attached hydrogens (tertiary/aromatic N) is 1. The lowest BCUT2D eigenvalue weighted by Crippen LogP contribution is -2.20. The van der Waals surface area contributed by atoms with Crippen LogP contribution in [0.15, 0.2) is 54.7 Å². The molecule has 25 heavy (non-hydrogen) atoms. The fourth-order valence-corrected chi connectivity index (χ4v) is 4.99. The molecule has 2 atom stereocenters. The van der Waals surface area contributed by atoms with Crippen molar-refractivity contribution in [2.75, 3.05) is 6.61 Å². The first-order valence-electron chi connectivity index (χ1n) is 8.09. The number of rotatable bonds is 2. The first kappa shape index (κ1) is 16.7. The quantitative estimate of drug-likeness (QED) is 0.580. The summed E-state index contributed by atoms with van der Waals surface area (Å²) in [5, 5.41) is 2.03. The van der Waals surface area contributed by atoms with Crippen LogP contribution in [0.3, 0.4) is 0 Å². The Labute approximate surface area is 151 Å². The molecule has 1 aliphatic heterocycles. The van der Waals surface area contributed by atoms with Gasteiger partial charge >= 0.3 is 7.60 Å². The van der Waals surface area contributed by atoms with E-state index in [9.17, 15) is 4.57 Å². The minimum absolute atomic E-state index is 0.313. The van der Waals surface area contributed by atoms with Crippen LogP contribution in [0.1, 0.15) is 23.7 Å². The first-order chi connectivity index (χ1) is 12.0. The summed E-state index contributed by atoms with van der Waals surface area (Å²) in [6.45, 7) is 2.36. The van der Waals surface area contributed by atoms with Crippen LogP contribution in [0.5, 0.6) is 0 Å². The molecule has 0 aliphatic carbocycles. The molecule has 0 radical (unpaired) electrons. The van der Waals surface area contributed by atoms with Crippen molar-refractivity contribution < 1.29 is 13.6 Å². The molecule has 4 rings (SSSR count). The third-order valence-corrected chi connectivity index (χ3v) is 6.51. The predicted molar refractivity (Wildman–Crippen MR) is 99.6 cm³/mol. The molecule has 1 fully saturated rings. The van der Waals surface area contributed by atoms with Crippen molar-refractivity contribution in [3.8, 4) is 0 Å². The summed E-state index contributed by atoms with van der Waals surface area (Å²) in [5.41, 5.74) is 2.87. The minimum Gasteiger partial charge on any atom is -0.305 e. The van der Waals surface area contributed by atoms with E-state index in [1.165, 1.54) is 0 Å². The van der Waals surface area contributed by atoms with Crippen molar-refractivity contribution >= 4 is 35.4 Å². The molecule has 2 heterocycles. The highest BCUT2D eigenvalue weighted by atomic mass is 35.5. The maximum absolute atomic E-state index is 13.3. The van der Waals surface area contributed by atoms with Crippen LogP contribution in [0.2, 0.25) is 5.02 Å². The van der Waals surface area contributed by atoms with Gasteiger partial charge in [0.25, 0.3) is 0 Å². The molecule has 0 spiro atoms. The monoisotopic (exact) mass is 373 g/mol. The van der Waals surface area contributed by atoms with Crippen LogP contribution in [-0.4, -0.2) is 11.6 Å². The zero-order valence-electron chi connectivity index (χ0n) is 13.7. The molecule has 1 saturated heterocycles. The Morgan fingerprint density at radius 2 is 2.04 bits per heavy atom. The molecule has 3 aromatic rings. The lowest BCUT2D eigenvalue weighted by Gasteiger charge is -2.30. The summed E-state index contributed by atoms with van der Waals surface area (Å²) in [6.07, 6.45) is 1.91. The number of hydrogen-bond acceptors (Lipinski definition) is 4. The number of aryl methyl sites for hydroxylation is 1. The summed E-state index contributed by atoms with van der Waals surface area (Å²) >= 11 is 6.07. The normalized spacial score (nSPS) is 23.7. The smallest absolute Gasteiger partial charge is 0.305 e. The highest BCUT2D eigenvalue weighted by Crippen LogP contribution is 2.55. The third-order valence-electron chi connectivity index (χ3n) is 4.34. The van der Waals surface area contributed by atoms with Gasteiger partial charge < -0.3 is 4.52 Å². The van der Waals surface area contributed by atoms with E-state index in [0.717, 1.165) is 22.0 Å². The predicted octanol–water partition coefficient (Wildman–Crippen LogP) is 5.19. The average Bonchev–Trinajstić information content (AvgIpc) is 2.62. The van der Waals surface area contributed by atoms with Gasteiger partial charge in [0.15, 0.2) is 0 Å². The van der Waals surface area contributed by atoms with Crippen LogP contribution in [0.25, 0.3) is 10.9 Å². The SMILES string of the molecule is Cc1cccc2cc(P3(=O)OCCC(c4cccc(Cl)c4)O3)cnc12. The van der Waals surface area contributed by atoms with Crippen LogP contribution in [0.4, 0.5) is 0 Å². The average molecular weight is 374 g/mol. The maximum atomic E-state index is 13.3. The van der Waals surface area contributed by atoms with E-state index in [0.29, 0.717) is 23.4 Å². The first-order valence-corrected chi connectivity index (χ1v) is 10.0. The number of fused-ring (bicyclic) bond motifs is 1. The van der Waals surface area contributed by atoms with Gasteiger partial charge in [0.2, 0.25) is 0 Å². The number of pyridine rings is 1. The molecule has 0 saturated carbocycles. The summed E-state index contributed by atoms with van der Waals surface area (Å²) in [5.74, 6) is 0. The zero-order valence-corrected chi connectivity index (χ0v) is 15.3. The Bertz CT molecular complexity index is 991. The Balaban J connectivity index is 1.70. The zero-order chi connectivity index (χ0) is 17.4. The Kier molecular flexibility index (Phi) is 4.38. The lowest BCUT2D eigenvalue weighted by molar-refractivity contribution is 0.0875. The molecule has 2 unspecified atom stereocenters. The molecule has 0 amide bonds. The second kappa shape index (κ2) is 6.54. The van der Waals surface area contributed by atoms with E-state index >= 15 is 0 Å². The Morgan fingerprint density at radius 3 is 2.88 bits per heavy atom. The largest absolute Gasteiger partial charge is 0.363 e. The fraction of sp³-hybridized carbons (Fsp3) is 0.211. The minimum atomic E-state index is -3.43. The van der Waals surface area contributed by atoms with Crippen molar-refractivity contribution in [2.45, 2.75) is 19.4 Å². The third kappa shape index (κ3) is 3.23. The maximum Gasteiger partial charge on any atom is 0.363 e. The number of hydrogen-bond donors (Lipinski definition) is 0. The second-order valence-electron chi connectivity index (χ2n) is 6.11. The Morgan fingerprint density at radius 1 is 1.20 bits per heavy atom. The van der Waals surface area contributed by atoms with E-state index in [1.807, 2.05) is 49.4 Å². The van der Waals surface area contributed by atoms with E-state index in [2.05, 4.69) is 4.98 Å². The molecule has 0 N–H and O–H groups in total.